The first kappa shape index (κ1) is 19.8. The van der Waals surface area contributed by atoms with Gasteiger partial charge < -0.3 is 11.1 Å². The number of nitrogens with two attached hydrogens (primary N) is 1. The highest BCUT2D eigenvalue weighted by Gasteiger charge is 2.24. The van der Waals surface area contributed by atoms with E-state index in [1.54, 1.807) is 29.0 Å². The molecule has 6 nitrogen and oxygen atoms in total. The highest BCUT2D eigenvalue weighted by molar-refractivity contribution is 7.12. The first-order valence-electron chi connectivity index (χ1n) is 10.3. The van der Waals surface area contributed by atoms with Gasteiger partial charge in [-0.1, -0.05) is 25.0 Å². The third kappa shape index (κ3) is 3.96. The van der Waals surface area contributed by atoms with Crippen molar-refractivity contribution in [2.24, 2.45) is 5.73 Å². The Morgan fingerprint density at radius 1 is 1.10 bits per heavy atom. The van der Waals surface area contributed by atoms with Gasteiger partial charge in [0.2, 0.25) is 0 Å². The number of rotatable bonds is 4. The highest BCUT2D eigenvalue weighted by Crippen LogP contribution is 2.28. The number of carbonyl (C=O) groups excluding carboxylic acids is 1. The lowest BCUT2D eigenvalue weighted by atomic mass is 9.91. The SMILES string of the molecule is N[C@@H]1CCCC[C@@H]1NC(=O)c1cc(-c2cnc3cc(-c4ccc(F)cc4)cnn23)cs1. The predicted octanol–water partition coefficient (Wildman–Crippen LogP) is 4.26. The molecule has 0 saturated heterocycles. The van der Waals surface area contributed by atoms with Gasteiger partial charge in [0.15, 0.2) is 5.65 Å². The topological polar surface area (TPSA) is 85.3 Å². The van der Waals surface area contributed by atoms with Crippen LogP contribution in [0.3, 0.4) is 0 Å². The van der Waals surface area contributed by atoms with Gasteiger partial charge in [-0.05, 0) is 42.7 Å². The van der Waals surface area contributed by atoms with Crippen LogP contribution in [0.5, 0.6) is 0 Å². The molecule has 3 aromatic heterocycles. The van der Waals surface area contributed by atoms with Crippen LogP contribution in [-0.2, 0) is 0 Å². The van der Waals surface area contributed by atoms with Crippen LogP contribution in [-0.4, -0.2) is 32.6 Å². The van der Waals surface area contributed by atoms with Gasteiger partial charge in [-0.25, -0.2) is 13.9 Å². The molecular formula is C23H22FN5OS. The molecule has 3 heterocycles. The number of amides is 1. The van der Waals surface area contributed by atoms with Crippen LogP contribution < -0.4 is 11.1 Å². The third-order valence-corrected chi connectivity index (χ3v) is 6.72. The Kier molecular flexibility index (Phi) is 5.25. The zero-order valence-electron chi connectivity index (χ0n) is 16.8. The molecule has 31 heavy (non-hydrogen) atoms. The van der Waals surface area contributed by atoms with E-state index >= 15 is 0 Å². The van der Waals surface area contributed by atoms with E-state index in [2.05, 4.69) is 15.4 Å². The number of imidazole rings is 1. The zero-order valence-corrected chi connectivity index (χ0v) is 17.6. The molecule has 0 bridgehead atoms. The van der Waals surface area contributed by atoms with E-state index in [0.717, 1.165) is 48.1 Å². The number of hydrogen-bond donors (Lipinski definition) is 2. The first-order chi connectivity index (χ1) is 15.1. The molecule has 1 amide bonds. The van der Waals surface area contributed by atoms with Crippen LogP contribution in [0.1, 0.15) is 35.4 Å². The number of fused-ring (bicyclic) bond motifs is 1. The Balaban J connectivity index is 1.38. The molecule has 1 aliphatic carbocycles. The van der Waals surface area contributed by atoms with Crippen molar-refractivity contribution in [1.29, 1.82) is 0 Å². The van der Waals surface area contributed by atoms with Crippen LogP contribution >= 0.6 is 11.3 Å². The van der Waals surface area contributed by atoms with Crippen molar-refractivity contribution in [2.45, 2.75) is 37.8 Å². The van der Waals surface area contributed by atoms with Gasteiger partial charge in [0.25, 0.3) is 5.91 Å². The molecule has 0 aliphatic heterocycles. The Hall–Kier alpha value is -3.10. The second-order valence-corrected chi connectivity index (χ2v) is 8.80. The minimum Gasteiger partial charge on any atom is -0.347 e. The Morgan fingerprint density at radius 3 is 2.71 bits per heavy atom. The van der Waals surface area contributed by atoms with E-state index < -0.39 is 0 Å². The fourth-order valence-corrected chi connectivity index (χ4v) is 4.84. The van der Waals surface area contributed by atoms with Gasteiger partial charge in [0.1, 0.15) is 5.82 Å². The molecule has 3 N–H and O–H groups in total. The minimum atomic E-state index is -0.274. The van der Waals surface area contributed by atoms with E-state index in [-0.39, 0.29) is 23.8 Å². The van der Waals surface area contributed by atoms with Crippen molar-refractivity contribution >= 4 is 22.9 Å². The van der Waals surface area contributed by atoms with Gasteiger partial charge in [-0.15, -0.1) is 11.3 Å². The van der Waals surface area contributed by atoms with Crippen LogP contribution in [0.25, 0.3) is 28.0 Å². The van der Waals surface area contributed by atoms with Crippen LogP contribution in [0.15, 0.2) is 54.2 Å². The summed E-state index contributed by atoms with van der Waals surface area (Å²) in [5, 5.41) is 9.55. The second kappa shape index (κ2) is 8.20. The monoisotopic (exact) mass is 435 g/mol. The number of hydrogen-bond acceptors (Lipinski definition) is 5. The fraction of sp³-hybridized carbons (Fsp3) is 0.261. The molecule has 1 aliphatic rings. The molecule has 5 rings (SSSR count). The molecular weight excluding hydrogens is 413 g/mol. The average molecular weight is 436 g/mol. The lowest BCUT2D eigenvalue weighted by molar-refractivity contribution is 0.0925. The van der Waals surface area contributed by atoms with E-state index in [0.29, 0.717) is 10.5 Å². The highest BCUT2D eigenvalue weighted by atomic mass is 32.1. The largest absolute Gasteiger partial charge is 0.347 e. The third-order valence-electron chi connectivity index (χ3n) is 5.79. The van der Waals surface area contributed by atoms with Crippen LogP contribution in [0.4, 0.5) is 4.39 Å². The van der Waals surface area contributed by atoms with Crippen molar-refractivity contribution in [3.8, 4) is 22.4 Å². The lowest BCUT2D eigenvalue weighted by Crippen LogP contribution is -2.49. The number of halogens is 1. The molecule has 0 radical (unpaired) electrons. The second-order valence-electron chi connectivity index (χ2n) is 7.89. The van der Waals surface area contributed by atoms with Gasteiger partial charge in [0, 0.05) is 28.6 Å². The summed E-state index contributed by atoms with van der Waals surface area (Å²) >= 11 is 1.40. The smallest absolute Gasteiger partial charge is 0.261 e. The summed E-state index contributed by atoms with van der Waals surface area (Å²) in [6, 6.07) is 10.1. The number of carbonyl (C=O) groups is 1. The molecule has 2 atom stereocenters. The quantitative estimate of drug-likeness (QED) is 0.501. The van der Waals surface area contributed by atoms with Crippen molar-refractivity contribution in [3.63, 3.8) is 0 Å². The minimum absolute atomic E-state index is 0.0235. The number of nitrogens with one attached hydrogen (secondary N) is 1. The summed E-state index contributed by atoms with van der Waals surface area (Å²) in [5.41, 5.74) is 10.3. The van der Waals surface area contributed by atoms with Crippen molar-refractivity contribution in [1.82, 2.24) is 19.9 Å². The van der Waals surface area contributed by atoms with E-state index in [4.69, 9.17) is 5.73 Å². The number of thiophene rings is 1. The van der Waals surface area contributed by atoms with Gasteiger partial charge in [-0.2, -0.15) is 5.10 Å². The lowest BCUT2D eigenvalue weighted by Gasteiger charge is -2.29. The molecule has 0 unspecified atom stereocenters. The maximum absolute atomic E-state index is 13.2. The van der Waals surface area contributed by atoms with E-state index in [1.165, 1.54) is 23.5 Å². The molecule has 1 fully saturated rings. The molecule has 0 spiro atoms. The van der Waals surface area contributed by atoms with Crippen molar-refractivity contribution in [2.75, 3.05) is 0 Å². The van der Waals surface area contributed by atoms with E-state index in [1.807, 2.05) is 17.5 Å². The predicted molar refractivity (Wildman–Crippen MR) is 119 cm³/mol. The zero-order chi connectivity index (χ0) is 21.4. The van der Waals surface area contributed by atoms with Crippen molar-refractivity contribution in [3.05, 3.63) is 64.9 Å². The molecule has 8 heteroatoms. The average Bonchev–Trinajstić information content (AvgIpc) is 3.42. The number of aromatic nitrogens is 3. The summed E-state index contributed by atoms with van der Waals surface area (Å²) in [6.45, 7) is 0. The number of benzene rings is 1. The van der Waals surface area contributed by atoms with Gasteiger partial charge in [-0.3, -0.25) is 4.79 Å². The Bertz CT molecular complexity index is 1230. The maximum Gasteiger partial charge on any atom is 0.261 e. The van der Waals surface area contributed by atoms with E-state index in [9.17, 15) is 9.18 Å². The molecule has 1 aromatic carbocycles. The fourth-order valence-electron chi connectivity index (χ4n) is 4.04. The Labute approximate surface area is 182 Å². The normalized spacial score (nSPS) is 18.9. The maximum atomic E-state index is 13.2. The molecule has 158 valence electrons. The summed E-state index contributed by atoms with van der Waals surface area (Å²) in [4.78, 5) is 17.8. The van der Waals surface area contributed by atoms with Crippen molar-refractivity contribution < 1.29 is 9.18 Å². The number of nitrogens with zero attached hydrogens (tertiary/aromatic N) is 3. The van der Waals surface area contributed by atoms with Crippen LogP contribution in [0, 0.1) is 5.82 Å². The summed E-state index contributed by atoms with van der Waals surface area (Å²) in [7, 11) is 0. The van der Waals surface area contributed by atoms with Crippen LogP contribution in [0.2, 0.25) is 0 Å². The first-order valence-corrected chi connectivity index (χ1v) is 11.2. The standard InChI is InChI=1S/C23H22FN5OS/c24-17-7-5-14(6-8-17)15-10-22-26-12-20(29(22)27-11-15)16-9-21(31-13-16)23(30)28-19-4-2-1-3-18(19)25/h5-13,18-19H,1-4,25H2,(H,28,30)/t18-,19+/m1/s1. The summed E-state index contributed by atoms with van der Waals surface area (Å²) in [6.07, 6.45) is 7.59. The van der Waals surface area contributed by atoms with Gasteiger partial charge >= 0.3 is 0 Å². The van der Waals surface area contributed by atoms with Gasteiger partial charge in [0.05, 0.1) is 23.0 Å². The molecule has 4 aromatic rings. The molecule has 1 saturated carbocycles. The summed E-state index contributed by atoms with van der Waals surface area (Å²) < 4.78 is 14.9. The summed E-state index contributed by atoms with van der Waals surface area (Å²) in [5.74, 6) is -0.359. The Morgan fingerprint density at radius 2 is 1.90 bits per heavy atom.